The van der Waals surface area contributed by atoms with Crippen LogP contribution >= 0.6 is 0 Å². The summed E-state index contributed by atoms with van der Waals surface area (Å²) in [6.45, 7) is 1.72. The van der Waals surface area contributed by atoms with E-state index in [-0.39, 0.29) is 22.0 Å². The van der Waals surface area contributed by atoms with Crippen molar-refractivity contribution < 1.29 is 21.9 Å². The van der Waals surface area contributed by atoms with Crippen LogP contribution in [-0.4, -0.2) is 47.1 Å². The van der Waals surface area contributed by atoms with Crippen LogP contribution < -0.4 is 5.32 Å². The predicted octanol–water partition coefficient (Wildman–Crippen LogP) is 0.286. The van der Waals surface area contributed by atoms with E-state index in [1.54, 1.807) is 6.92 Å². The fourth-order valence-corrected chi connectivity index (χ4v) is 3.05. The molecule has 1 aromatic rings. The van der Waals surface area contributed by atoms with Gasteiger partial charge in [0.1, 0.15) is 0 Å². The van der Waals surface area contributed by atoms with Crippen molar-refractivity contribution in [1.29, 1.82) is 0 Å². The molecule has 0 aliphatic carbocycles. The minimum atomic E-state index is -3.57. The molecule has 2 N–H and O–H groups in total. The van der Waals surface area contributed by atoms with Crippen LogP contribution in [-0.2, 0) is 19.7 Å². The quantitative estimate of drug-likeness (QED) is 0.811. The Hall–Kier alpha value is -1.12. The molecule has 1 rings (SSSR count). The second-order valence-electron chi connectivity index (χ2n) is 4.43. The molecule has 0 amide bonds. The number of benzene rings is 1. The second kappa shape index (κ2) is 5.48. The van der Waals surface area contributed by atoms with Crippen molar-refractivity contribution in [1.82, 2.24) is 0 Å². The number of hydrogen-bond donors (Lipinski definition) is 2. The SMILES string of the molecule is CC(O)CNc1ccc(S(C)(=O)=O)cc1S(C)(=O)=O. The number of aliphatic hydroxyl groups excluding tert-OH is 1. The van der Waals surface area contributed by atoms with Gasteiger partial charge in [-0.25, -0.2) is 16.8 Å². The van der Waals surface area contributed by atoms with E-state index < -0.39 is 25.8 Å². The Morgan fingerprint density at radius 3 is 2.16 bits per heavy atom. The molecule has 0 bridgehead atoms. The molecule has 0 fully saturated rings. The maximum Gasteiger partial charge on any atom is 0.177 e. The van der Waals surface area contributed by atoms with Gasteiger partial charge in [-0.2, -0.15) is 0 Å². The summed E-state index contributed by atoms with van der Waals surface area (Å²) >= 11 is 0. The van der Waals surface area contributed by atoms with Gasteiger partial charge in [0.25, 0.3) is 0 Å². The summed E-state index contributed by atoms with van der Waals surface area (Å²) in [5.41, 5.74) is 0.274. The summed E-state index contributed by atoms with van der Waals surface area (Å²) in [7, 11) is -7.05. The number of hydrogen-bond acceptors (Lipinski definition) is 6. The van der Waals surface area contributed by atoms with Crippen LogP contribution in [0.5, 0.6) is 0 Å². The number of anilines is 1. The molecule has 0 spiro atoms. The summed E-state index contributed by atoms with van der Waals surface area (Å²) in [6.07, 6.45) is 1.36. The lowest BCUT2D eigenvalue weighted by Gasteiger charge is -2.13. The molecular weight excluding hydrogens is 290 g/mol. The highest BCUT2D eigenvalue weighted by Crippen LogP contribution is 2.25. The Morgan fingerprint density at radius 2 is 1.74 bits per heavy atom. The fraction of sp³-hybridized carbons (Fsp3) is 0.455. The summed E-state index contributed by atoms with van der Waals surface area (Å²) < 4.78 is 46.2. The lowest BCUT2D eigenvalue weighted by atomic mass is 10.3. The molecule has 6 nitrogen and oxygen atoms in total. The highest BCUT2D eigenvalue weighted by Gasteiger charge is 2.17. The summed E-state index contributed by atoms with van der Waals surface area (Å²) in [5, 5.41) is 12.0. The summed E-state index contributed by atoms with van der Waals surface area (Å²) in [4.78, 5) is -0.161. The summed E-state index contributed by atoms with van der Waals surface area (Å²) in [6, 6.07) is 3.83. The van der Waals surface area contributed by atoms with Gasteiger partial charge in [0.2, 0.25) is 0 Å². The minimum Gasteiger partial charge on any atom is -0.392 e. The molecule has 0 saturated carbocycles. The fourth-order valence-electron chi connectivity index (χ4n) is 1.44. The zero-order valence-corrected chi connectivity index (χ0v) is 12.5. The summed E-state index contributed by atoms with van der Waals surface area (Å²) in [5.74, 6) is 0. The first-order valence-corrected chi connectivity index (χ1v) is 9.26. The van der Waals surface area contributed by atoms with Crippen molar-refractivity contribution in [2.75, 3.05) is 24.4 Å². The molecule has 19 heavy (non-hydrogen) atoms. The zero-order valence-electron chi connectivity index (χ0n) is 10.9. The van der Waals surface area contributed by atoms with Gasteiger partial charge in [-0.15, -0.1) is 0 Å². The van der Waals surface area contributed by atoms with E-state index in [0.717, 1.165) is 18.6 Å². The van der Waals surface area contributed by atoms with E-state index in [0.29, 0.717) is 0 Å². The maximum absolute atomic E-state index is 11.7. The first kappa shape index (κ1) is 15.9. The predicted molar refractivity (Wildman–Crippen MR) is 72.8 cm³/mol. The molecule has 0 aromatic heterocycles. The number of nitrogens with one attached hydrogen (secondary N) is 1. The maximum atomic E-state index is 11.7. The molecule has 1 atom stereocenters. The second-order valence-corrected chi connectivity index (χ2v) is 8.43. The average Bonchev–Trinajstić information content (AvgIpc) is 2.23. The van der Waals surface area contributed by atoms with Crippen LogP contribution in [0.15, 0.2) is 28.0 Å². The van der Waals surface area contributed by atoms with Crippen LogP contribution in [0.25, 0.3) is 0 Å². The molecule has 1 unspecified atom stereocenters. The smallest absolute Gasteiger partial charge is 0.177 e. The van der Waals surface area contributed by atoms with Gasteiger partial charge in [0.05, 0.1) is 21.6 Å². The van der Waals surface area contributed by atoms with Crippen molar-refractivity contribution in [3.8, 4) is 0 Å². The van der Waals surface area contributed by atoms with Crippen molar-refractivity contribution >= 4 is 25.4 Å². The van der Waals surface area contributed by atoms with E-state index in [2.05, 4.69) is 5.32 Å². The molecule has 0 aliphatic rings. The monoisotopic (exact) mass is 307 g/mol. The Balaban J connectivity index is 3.34. The average molecular weight is 307 g/mol. The van der Waals surface area contributed by atoms with E-state index >= 15 is 0 Å². The van der Waals surface area contributed by atoms with Crippen molar-refractivity contribution in [2.45, 2.75) is 22.8 Å². The van der Waals surface area contributed by atoms with Crippen LogP contribution in [0.1, 0.15) is 6.92 Å². The Labute approximate surface area is 113 Å². The highest BCUT2D eigenvalue weighted by atomic mass is 32.2. The van der Waals surface area contributed by atoms with Gasteiger partial charge in [0.15, 0.2) is 19.7 Å². The van der Waals surface area contributed by atoms with Gasteiger partial charge < -0.3 is 10.4 Å². The molecule has 108 valence electrons. The van der Waals surface area contributed by atoms with Crippen molar-refractivity contribution in [2.24, 2.45) is 0 Å². The van der Waals surface area contributed by atoms with E-state index in [4.69, 9.17) is 0 Å². The minimum absolute atomic E-state index is 0.0597. The van der Waals surface area contributed by atoms with Crippen molar-refractivity contribution in [3.05, 3.63) is 18.2 Å². The van der Waals surface area contributed by atoms with Gasteiger partial charge in [-0.3, -0.25) is 0 Å². The van der Waals surface area contributed by atoms with Crippen LogP contribution in [0.4, 0.5) is 5.69 Å². The zero-order chi connectivity index (χ0) is 14.8. The third-order valence-corrected chi connectivity index (χ3v) is 4.62. The van der Waals surface area contributed by atoms with E-state index in [1.807, 2.05) is 0 Å². The standard InChI is InChI=1S/C11H17NO5S2/c1-8(13)7-12-10-5-4-9(18(2,14)15)6-11(10)19(3,16)17/h4-6,8,12-13H,7H2,1-3H3. The molecule has 8 heteroatoms. The van der Waals surface area contributed by atoms with Crippen LogP contribution in [0.3, 0.4) is 0 Å². The van der Waals surface area contributed by atoms with E-state index in [9.17, 15) is 21.9 Å². The van der Waals surface area contributed by atoms with Crippen LogP contribution in [0.2, 0.25) is 0 Å². The Bertz CT molecular complexity index is 662. The normalized spacial score (nSPS) is 14.1. The van der Waals surface area contributed by atoms with E-state index in [1.165, 1.54) is 12.1 Å². The molecule has 0 aliphatic heterocycles. The van der Waals surface area contributed by atoms with Gasteiger partial charge >= 0.3 is 0 Å². The molecule has 0 radical (unpaired) electrons. The van der Waals surface area contributed by atoms with Gasteiger partial charge in [-0.1, -0.05) is 0 Å². The topological polar surface area (TPSA) is 101 Å². The Kier molecular flexibility index (Phi) is 4.59. The number of sulfone groups is 2. The third-order valence-electron chi connectivity index (χ3n) is 2.37. The van der Waals surface area contributed by atoms with Gasteiger partial charge in [0, 0.05) is 19.1 Å². The molecule has 0 heterocycles. The lowest BCUT2D eigenvalue weighted by Crippen LogP contribution is -2.17. The first-order valence-electron chi connectivity index (χ1n) is 5.48. The highest BCUT2D eigenvalue weighted by molar-refractivity contribution is 7.91. The third kappa shape index (κ3) is 4.48. The molecule has 0 saturated heterocycles. The van der Waals surface area contributed by atoms with Crippen LogP contribution in [0, 0.1) is 0 Å². The molecule has 1 aromatic carbocycles. The Morgan fingerprint density at radius 1 is 1.16 bits per heavy atom. The van der Waals surface area contributed by atoms with Gasteiger partial charge in [-0.05, 0) is 25.1 Å². The van der Waals surface area contributed by atoms with Crippen molar-refractivity contribution in [3.63, 3.8) is 0 Å². The molecular formula is C11H17NO5S2. The largest absolute Gasteiger partial charge is 0.392 e. The number of rotatable bonds is 5. The number of aliphatic hydroxyl groups is 1. The first-order chi connectivity index (χ1) is 8.51. The lowest BCUT2D eigenvalue weighted by molar-refractivity contribution is 0.208.